The Bertz CT molecular complexity index is 475. The minimum absolute atomic E-state index is 0.609. The highest BCUT2D eigenvalue weighted by Crippen LogP contribution is 2.25. The molecule has 1 saturated heterocycles. The molecule has 2 heterocycles. The lowest BCUT2D eigenvalue weighted by Crippen LogP contribution is -2.15. The summed E-state index contributed by atoms with van der Waals surface area (Å²) in [5.41, 5.74) is 0.744. The van der Waals surface area contributed by atoms with Crippen molar-refractivity contribution >= 4 is 11.0 Å². The molecule has 1 aromatic carbocycles. The molecule has 0 bridgehead atoms. The number of ether oxygens (including phenoxy) is 1. The van der Waals surface area contributed by atoms with Gasteiger partial charge in [0.2, 0.25) is 5.58 Å². The number of hydrogen-bond acceptors (Lipinski definition) is 4. The predicted octanol–water partition coefficient (Wildman–Crippen LogP) is 1.82. The van der Waals surface area contributed by atoms with Crippen LogP contribution in [0.25, 0.3) is 11.0 Å². The molecule has 0 spiro atoms. The standard InChI is InChI=1S/C12H14N2O2/c1-2-10-7-14-16-12(10)11(3-1)15-8-9-4-5-13-6-9/h1-3,7,9,13H,4-6,8H2. The number of nitrogens with zero attached hydrogens (tertiary/aromatic N) is 1. The Morgan fingerprint density at radius 1 is 1.50 bits per heavy atom. The van der Waals surface area contributed by atoms with Crippen LogP contribution < -0.4 is 10.1 Å². The molecule has 0 aliphatic carbocycles. The molecular formula is C12H14N2O2. The normalized spacial score (nSPS) is 20.4. The largest absolute Gasteiger partial charge is 0.489 e. The number of rotatable bonds is 3. The second kappa shape index (κ2) is 4.14. The van der Waals surface area contributed by atoms with Crippen molar-refractivity contribution < 1.29 is 9.26 Å². The van der Waals surface area contributed by atoms with E-state index in [1.165, 1.54) is 6.42 Å². The van der Waals surface area contributed by atoms with E-state index in [9.17, 15) is 0 Å². The molecular weight excluding hydrogens is 204 g/mol. The minimum atomic E-state index is 0.609. The molecule has 84 valence electrons. The van der Waals surface area contributed by atoms with Crippen molar-refractivity contribution in [2.45, 2.75) is 6.42 Å². The number of nitrogens with one attached hydrogen (secondary N) is 1. The third-order valence-corrected chi connectivity index (χ3v) is 2.98. The summed E-state index contributed by atoms with van der Waals surface area (Å²) < 4.78 is 11.0. The molecule has 16 heavy (non-hydrogen) atoms. The van der Waals surface area contributed by atoms with Crippen LogP contribution in [0.4, 0.5) is 0 Å². The quantitative estimate of drug-likeness (QED) is 0.853. The van der Waals surface area contributed by atoms with Crippen molar-refractivity contribution in [2.75, 3.05) is 19.7 Å². The summed E-state index contributed by atoms with van der Waals surface area (Å²) in [6.07, 6.45) is 2.89. The van der Waals surface area contributed by atoms with E-state index in [1.54, 1.807) is 6.20 Å². The summed E-state index contributed by atoms with van der Waals surface area (Å²) in [7, 11) is 0. The molecule has 4 nitrogen and oxygen atoms in total. The van der Waals surface area contributed by atoms with Crippen LogP contribution in [0.3, 0.4) is 0 Å². The van der Waals surface area contributed by atoms with E-state index in [4.69, 9.17) is 9.26 Å². The maximum Gasteiger partial charge on any atom is 0.208 e. The minimum Gasteiger partial charge on any atom is -0.489 e. The Hall–Kier alpha value is -1.55. The first kappa shape index (κ1) is 9.66. The first-order valence-electron chi connectivity index (χ1n) is 5.60. The van der Waals surface area contributed by atoms with Crippen LogP contribution in [0.5, 0.6) is 5.75 Å². The number of para-hydroxylation sites is 1. The molecule has 1 aromatic heterocycles. The fourth-order valence-corrected chi connectivity index (χ4v) is 2.05. The molecule has 3 rings (SSSR count). The van der Waals surface area contributed by atoms with Crippen molar-refractivity contribution in [2.24, 2.45) is 5.92 Å². The topological polar surface area (TPSA) is 47.3 Å². The van der Waals surface area contributed by atoms with Crippen LogP contribution in [-0.2, 0) is 0 Å². The maximum absolute atomic E-state index is 5.79. The van der Waals surface area contributed by atoms with Gasteiger partial charge < -0.3 is 14.6 Å². The van der Waals surface area contributed by atoms with Gasteiger partial charge in [0.25, 0.3) is 0 Å². The first-order valence-corrected chi connectivity index (χ1v) is 5.60. The Balaban J connectivity index is 1.75. The van der Waals surface area contributed by atoms with Gasteiger partial charge in [-0.2, -0.15) is 0 Å². The van der Waals surface area contributed by atoms with Crippen LogP contribution in [-0.4, -0.2) is 24.9 Å². The Morgan fingerprint density at radius 2 is 2.50 bits per heavy atom. The molecule has 4 heteroatoms. The van der Waals surface area contributed by atoms with Gasteiger partial charge in [-0.3, -0.25) is 0 Å². The van der Waals surface area contributed by atoms with E-state index in [0.717, 1.165) is 36.4 Å². The second-order valence-corrected chi connectivity index (χ2v) is 4.17. The van der Waals surface area contributed by atoms with Crippen LogP contribution in [0.2, 0.25) is 0 Å². The van der Waals surface area contributed by atoms with Gasteiger partial charge in [-0.15, -0.1) is 0 Å². The van der Waals surface area contributed by atoms with E-state index in [0.29, 0.717) is 5.92 Å². The highest BCUT2D eigenvalue weighted by molar-refractivity contribution is 5.81. The second-order valence-electron chi connectivity index (χ2n) is 4.17. The van der Waals surface area contributed by atoms with E-state index < -0.39 is 0 Å². The highest BCUT2D eigenvalue weighted by Gasteiger charge is 2.16. The summed E-state index contributed by atoms with van der Waals surface area (Å²) in [5, 5.41) is 8.09. The molecule has 0 saturated carbocycles. The van der Waals surface area contributed by atoms with Gasteiger partial charge in [-0.05, 0) is 25.1 Å². The number of fused-ring (bicyclic) bond motifs is 1. The molecule has 1 N–H and O–H groups in total. The number of benzene rings is 1. The zero-order chi connectivity index (χ0) is 10.8. The monoisotopic (exact) mass is 218 g/mol. The maximum atomic E-state index is 5.79. The van der Waals surface area contributed by atoms with Gasteiger partial charge in [0, 0.05) is 17.8 Å². The lowest BCUT2D eigenvalue weighted by Gasteiger charge is -2.10. The smallest absolute Gasteiger partial charge is 0.208 e. The molecule has 1 unspecified atom stereocenters. The molecule has 2 aromatic rings. The lowest BCUT2D eigenvalue weighted by atomic mass is 10.1. The van der Waals surface area contributed by atoms with E-state index in [2.05, 4.69) is 10.5 Å². The van der Waals surface area contributed by atoms with E-state index >= 15 is 0 Å². The number of aromatic nitrogens is 1. The summed E-state index contributed by atoms with van der Waals surface area (Å²) in [6, 6.07) is 5.85. The van der Waals surface area contributed by atoms with Crippen LogP contribution in [0.15, 0.2) is 28.9 Å². The van der Waals surface area contributed by atoms with Crippen molar-refractivity contribution in [1.29, 1.82) is 0 Å². The van der Waals surface area contributed by atoms with Crippen LogP contribution >= 0.6 is 0 Å². The van der Waals surface area contributed by atoms with Crippen molar-refractivity contribution in [3.63, 3.8) is 0 Å². The van der Waals surface area contributed by atoms with Crippen molar-refractivity contribution in [1.82, 2.24) is 10.5 Å². The van der Waals surface area contributed by atoms with Crippen molar-refractivity contribution in [3.8, 4) is 5.75 Å². The predicted molar refractivity (Wildman–Crippen MR) is 60.5 cm³/mol. The summed E-state index contributed by atoms with van der Waals surface area (Å²) >= 11 is 0. The third kappa shape index (κ3) is 1.76. The fourth-order valence-electron chi connectivity index (χ4n) is 2.05. The average Bonchev–Trinajstić information content (AvgIpc) is 2.97. The molecule has 1 fully saturated rings. The summed E-state index contributed by atoms with van der Waals surface area (Å²) in [6.45, 7) is 2.89. The summed E-state index contributed by atoms with van der Waals surface area (Å²) in [4.78, 5) is 0. The van der Waals surface area contributed by atoms with Gasteiger partial charge in [0.15, 0.2) is 5.75 Å². The Morgan fingerprint density at radius 3 is 3.38 bits per heavy atom. The number of hydrogen-bond donors (Lipinski definition) is 1. The van der Waals surface area contributed by atoms with E-state index in [1.807, 2.05) is 18.2 Å². The molecule has 1 aliphatic heterocycles. The third-order valence-electron chi connectivity index (χ3n) is 2.98. The SMILES string of the molecule is c1cc(OCC2CCNC2)c2oncc2c1. The zero-order valence-corrected chi connectivity index (χ0v) is 8.98. The Labute approximate surface area is 93.6 Å². The van der Waals surface area contributed by atoms with Crippen LogP contribution in [0.1, 0.15) is 6.42 Å². The molecule has 0 radical (unpaired) electrons. The molecule has 1 atom stereocenters. The first-order chi connectivity index (χ1) is 7.93. The average molecular weight is 218 g/mol. The van der Waals surface area contributed by atoms with Gasteiger partial charge in [-0.25, -0.2) is 0 Å². The van der Waals surface area contributed by atoms with Crippen molar-refractivity contribution in [3.05, 3.63) is 24.4 Å². The van der Waals surface area contributed by atoms with Crippen LogP contribution in [0, 0.1) is 5.92 Å². The highest BCUT2D eigenvalue weighted by atomic mass is 16.5. The van der Waals surface area contributed by atoms with E-state index in [-0.39, 0.29) is 0 Å². The van der Waals surface area contributed by atoms with Gasteiger partial charge in [0.1, 0.15) is 0 Å². The van der Waals surface area contributed by atoms with Gasteiger partial charge in [-0.1, -0.05) is 11.2 Å². The molecule has 1 aliphatic rings. The Kier molecular flexibility index (Phi) is 2.50. The zero-order valence-electron chi connectivity index (χ0n) is 8.98. The van der Waals surface area contributed by atoms with Gasteiger partial charge in [0.05, 0.1) is 12.8 Å². The lowest BCUT2D eigenvalue weighted by molar-refractivity contribution is 0.258. The molecule has 0 amide bonds. The summed E-state index contributed by atoms with van der Waals surface area (Å²) in [5.74, 6) is 1.40. The van der Waals surface area contributed by atoms with Gasteiger partial charge >= 0.3 is 0 Å². The fraction of sp³-hybridized carbons (Fsp3) is 0.417.